The van der Waals surface area contributed by atoms with Gasteiger partial charge in [0.05, 0.1) is 20.1 Å². The van der Waals surface area contributed by atoms with Gasteiger partial charge in [-0.25, -0.2) is 0 Å². The lowest BCUT2D eigenvalue weighted by molar-refractivity contribution is -0.00000486. The maximum Gasteiger partial charge on any atom is 0.112 e. The van der Waals surface area contributed by atoms with Crippen LogP contribution in [0.2, 0.25) is 6.04 Å². The van der Waals surface area contributed by atoms with Crippen LogP contribution in [-0.2, 0) is 0 Å². The summed E-state index contributed by atoms with van der Waals surface area (Å²) in [5, 5.41) is 4.35. The van der Waals surface area contributed by atoms with E-state index in [-0.39, 0.29) is 21.4 Å². The van der Waals surface area contributed by atoms with Gasteiger partial charge >= 0.3 is 0 Å². The monoisotopic (exact) mass is 496 g/mol. The highest BCUT2D eigenvalue weighted by Crippen LogP contribution is 2.55. The summed E-state index contributed by atoms with van der Waals surface area (Å²) in [5.41, 5.74) is 0. The van der Waals surface area contributed by atoms with Crippen LogP contribution in [0.15, 0.2) is 91.0 Å². The number of halogens is 3. The first-order valence-corrected chi connectivity index (χ1v) is 13.7. The molecule has 0 aliphatic carbocycles. The molecule has 3 aromatic rings. The Morgan fingerprint density at radius 2 is 1.04 bits per heavy atom. The molecule has 3 aromatic carbocycles. The van der Waals surface area contributed by atoms with Gasteiger partial charge in [0.15, 0.2) is 0 Å². The second-order valence-corrected chi connectivity index (χ2v) is 14.5. The third-order valence-electron chi connectivity index (χ3n) is 4.76. The van der Waals surface area contributed by atoms with Crippen LogP contribution in [0, 0.1) is 0 Å². The normalized spacial score (nSPS) is 11.7. The van der Waals surface area contributed by atoms with E-state index in [0.717, 1.165) is 0 Å². The standard InChI is InChI=1S/C22H24Cl2PSi.BrH/c23-22(24)26-18-10-17-25(19-11-4-1-5-12-19,20-13-6-2-7-14-20)21-15-8-3-9-16-21;/h1-9,11-16,22H,10,17-18,26H2;1H/q+1;/p-1. The third-order valence-corrected chi connectivity index (χ3v) is 11.9. The van der Waals surface area contributed by atoms with Crippen LogP contribution in [0.25, 0.3) is 0 Å². The predicted molar refractivity (Wildman–Crippen MR) is 123 cm³/mol. The van der Waals surface area contributed by atoms with Crippen LogP contribution in [-0.4, -0.2) is 20.1 Å². The van der Waals surface area contributed by atoms with Gasteiger partial charge in [-0.3, -0.25) is 0 Å². The lowest BCUT2D eigenvalue weighted by Crippen LogP contribution is -3.00. The zero-order valence-corrected chi connectivity index (χ0v) is 20.6. The molecule has 0 aromatic heterocycles. The molecule has 0 amide bonds. The molecule has 0 aliphatic heterocycles. The summed E-state index contributed by atoms with van der Waals surface area (Å²) in [6.45, 7) is 0. The minimum absolute atomic E-state index is 0. The van der Waals surface area contributed by atoms with Crippen molar-refractivity contribution in [3.05, 3.63) is 91.0 Å². The van der Waals surface area contributed by atoms with Crippen molar-refractivity contribution in [2.75, 3.05) is 6.16 Å². The van der Waals surface area contributed by atoms with E-state index < -0.39 is 16.8 Å². The molecule has 0 unspecified atom stereocenters. The highest BCUT2D eigenvalue weighted by molar-refractivity contribution is 7.95. The molecule has 5 heteroatoms. The molecule has 142 valence electrons. The topological polar surface area (TPSA) is 0 Å². The Balaban J connectivity index is 0.00000261. The Labute approximate surface area is 186 Å². The molecule has 0 spiro atoms. The van der Waals surface area contributed by atoms with E-state index in [1.807, 2.05) is 0 Å². The van der Waals surface area contributed by atoms with E-state index in [1.54, 1.807) is 0 Å². The largest absolute Gasteiger partial charge is 1.00 e. The molecule has 0 bridgehead atoms. The van der Waals surface area contributed by atoms with Gasteiger partial charge in [0, 0.05) is 0 Å². The molecule has 3 rings (SSSR count). The van der Waals surface area contributed by atoms with Crippen molar-refractivity contribution in [3.63, 3.8) is 0 Å². The molecule has 0 saturated carbocycles. The van der Waals surface area contributed by atoms with Crippen molar-refractivity contribution in [2.45, 2.75) is 16.9 Å². The van der Waals surface area contributed by atoms with Crippen molar-refractivity contribution < 1.29 is 17.0 Å². The Morgan fingerprint density at radius 3 is 1.37 bits per heavy atom. The van der Waals surface area contributed by atoms with Crippen LogP contribution in [0.4, 0.5) is 0 Å². The lowest BCUT2D eigenvalue weighted by atomic mass is 10.4. The number of alkyl halides is 2. The number of rotatable bonds is 8. The molecular formula is C22H24BrCl2PSi. The van der Waals surface area contributed by atoms with Crippen LogP contribution < -0.4 is 32.9 Å². The van der Waals surface area contributed by atoms with Gasteiger partial charge in [-0.1, -0.05) is 60.6 Å². The van der Waals surface area contributed by atoms with Gasteiger partial charge in [-0.15, -0.1) is 23.2 Å². The molecule has 0 N–H and O–H groups in total. The second-order valence-electron chi connectivity index (χ2n) is 6.43. The lowest BCUT2D eigenvalue weighted by Gasteiger charge is -2.27. The van der Waals surface area contributed by atoms with Crippen molar-refractivity contribution in [2.24, 2.45) is 0 Å². The maximum absolute atomic E-state index is 6.02. The average Bonchev–Trinajstić information content (AvgIpc) is 2.70. The first-order chi connectivity index (χ1) is 12.7. The van der Waals surface area contributed by atoms with Gasteiger partial charge in [0.1, 0.15) is 23.2 Å². The molecule has 0 radical (unpaired) electrons. The Morgan fingerprint density at radius 1 is 0.667 bits per heavy atom. The number of hydrogen-bond donors (Lipinski definition) is 0. The Kier molecular flexibility index (Phi) is 9.56. The Hall–Kier alpha value is -0.633. The minimum Gasteiger partial charge on any atom is -1.00 e. The molecule has 0 nitrogen and oxygen atoms in total. The molecule has 0 saturated heterocycles. The maximum atomic E-state index is 6.02. The first kappa shape index (κ1) is 22.7. The van der Waals surface area contributed by atoms with Crippen molar-refractivity contribution in [1.82, 2.24) is 0 Å². The SMILES string of the molecule is ClC(Cl)[SiH2]CCC[P+](c1ccccc1)(c1ccccc1)c1ccccc1.[Br-]. The van der Waals surface area contributed by atoms with Crippen LogP contribution >= 0.6 is 30.5 Å². The first-order valence-electron chi connectivity index (χ1n) is 9.06. The van der Waals surface area contributed by atoms with Gasteiger partial charge in [-0.2, -0.15) is 0 Å². The Bertz CT molecular complexity index is 689. The van der Waals surface area contributed by atoms with E-state index in [1.165, 1.54) is 34.5 Å². The molecule has 0 heterocycles. The highest BCUT2D eigenvalue weighted by atomic mass is 79.9. The van der Waals surface area contributed by atoms with E-state index in [0.29, 0.717) is 0 Å². The van der Waals surface area contributed by atoms with E-state index in [2.05, 4.69) is 91.0 Å². The predicted octanol–water partition coefficient (Wildman–Crippen LogP) is 1.72. The van der Waals surface area contributed by atoms with Gasteiger partial charge in [0.25, 0.3) is 0 Å². The smallest absolute Gasteiger partial charge is 0.112 e. The second kappa shape index (κ2) is 11.4. The molecule has 0 fully saturated rings. The van der Waals surface area contributed by atoms with Crippen LogP contribution in [0.3, 0.4) is 0 Å². The van der Waals surface area contributed by atoms with E-state index >= 15 is 0 Å². The van der Waals surface area contributed by atoms with Gasteiger partial charge < -0.3 is 17.0 Å². The summed E-state index contributed by atoms with van der Waals surface area (Å²) in [5.74, 6) is 0. The highest BCUT2D eigenvalue weighted by Gasteiger charge is 2.44. The zero-order valence-electron chi connectivity index (χ0n) is 15.1. The van der Waals surface area contributed by atoms with Crippen molar-refractivity contribution >= 4 is 55.9 Å². The fraction of sp³-hybridized carbons (Fsp3) is 0.182. The summed E-state index contributed by atoms with van der Waals surface area (Å²) in [6, 6.07) is 34.3. The summed E-state index contributed by atoms with van der Waals surface area (Å²) >= 11 is 12.0. The summed E-state index contributed by atoms with van der Waals surface area (Å²) in [7, 11) is -2.09. The van der Waals surface area contributed by atoms with Crippen molar-refractivity contribution in [3.8, 4) is 0 Å². The fourth-order valence-corrected chi connectivity index (χ4v) is 10.1. The molecular weight excluding hydrogens is 474 g/mol. The summed E-state index contributed by atoms with van der Waals surface area (Å²) in [4.78, 5) is 0. The summed E-state index contributed by atoms with van der Waals surface area (Å²) in [6.07, 6.45) is 2.34. The van der Waals surface area contributed by atoms with Crippen LogP contribution in [0.5, 0.6) is 0 Å². The number of hydrogen-bond acceptors (Lipinski definition) is 0. The molecule has 27 heavy (non-hydrogen) atoms. The van der Waals surface area contributed by atoms with Crippen LogP contribution in [0.1, 0.15) is 6.42 Å². The van der Waals surface area contributed by atoms with E-state index in [9.17, 15) is 0 Å². The molecule has 0 aliphatic rings. The molecule has 0 atom stereocenters. The quantitative estimate of drug-likeness (QED) is 0.192. The van der Waals surface area contributed by atoms with E-state index in [4.69, 9.17) is 23.2 Å². The number of benzene rings is 3. The third kappa shape index (κ3) is 5.68. The fourth-order valence-electron chi connectivity index (χ4n) is 3.53. The van der Waals surface area contributed by atoms with Gasteiger partial charge in [0.2, 0.25) is 0 Å². The van der Waals surface area contributed by atoms with Gasteiger partial charge in [-0.05, 0) is 42.8 Å². The van der Waals surface area contributed by atoms with Crippen molar-refractivity contribution in [1.29, 1.82) is 0 Å². The summed E-state index contributed by atoms with van der Waals surface area (Å²) < 4.78 is -0.132. The average molecular weight is 498 g/mol. The zero-order chi connectivity index (χ0) is 18.2. The minimum atomic E-state index is -1.68.